The molecule has 20 heavy (non-hydrogen) atoms. The highest BCUT2D eigenvalue weighted by molar-refractivity contribution is 7.99. The maximum Gasteiger partial charge on any atom is 0.349 e. The van der Waals surface area contributed by atoms with Crippen molar-refractivity contribution in [2.75, 3.05) is 18.1 Å². The minimum absolute atomic E-state index is 0.0396. The van der Waals surface area contributed by atoms with E-state index in [0.29, 0.717) is 17.2 Å². The minimum atomic E-state index is -0.906. The van der Waals surface area contributed by atoms with Gasteiger partial charge in [-0.25, -0.2) is 4.79 Å². The molecule has 2 aliphatic rings. The van der Waals surface area contributed by atoms with Gasteiger partial charge in [-0.1, -0.05) is 0 Å². The largest absolute Gasteiger partial charge is 0.488 e. The van der Waals surface area contributed by atoms with Gasteiger partial charge in [0, 0.05) is 23.5 Å². The summed E-state index contributed by atoms with van der Waals surface area (Å²) in [4.78, 5) is 12.5. The van der Waals surface area contributed by atoms with Crippen LogP contribution in [0.25, 0.3) is 0 Å². The summed E-state index contributed by atoms with van der Waals surface area (Å²) in [5.41, 5.74) is -0.0396. The van der Waals surface area contributed by atoms with Gasteiger partial charge in [-0.2, -0.15) is 11.8 Å². The van der Waals surface area contributed by atoms with Crippen molar-refractivity contribution in [3.8, 4) is 5.75 Å². The van der Waals surface area contributed by atoms with E-state index >= 15 is 0 Å². The molecule has 1 spiro atoms. The number of aromatic carboxylic acids is 1. The van der Waals surface area contributed by atoms with Gasteiger partial charge in [0.1, 0.15) is 11.9 Å². The lowest BCUT2D eigenvalue weighted by atomic mass is 9.91. The van der Waals surface area contributed by atoms with Crippen molar-refractivity contribution in [1.29, 1.82) is 0 Å². The first-order chi connectivity index (χ1) is 9.58. The Kier molecular flexibility index (Phi) is 3.97. The van der Waals surface area contributed by atoms with Gasteiger partial charge in [0.2, 0.25) is 0 Å². The van der Waals surface area contributed by atoms with E-state index in [1.807, 2.05) is 24.8 Å². The number of hydrogen-bond donors (Lipinski definition) is 1. The fourth-order valence-electron chi connectivity index (χ4n) is 2.85. The number of carbonyl (C=O) groups is 1. The number of ether oxygens (including phenoxy) is 2. The molecule has 0 radical (unpaired) electrons. The lowest BCUT2D eigenvalue weighted by molar-refractivity contribution is -0.0959. The van der Waals surface area contributed by atoms with Gasteiger partial charge in [-0.3, -0.25) is 0 Å². The van der Waals surface area contributed by atoms with E-state index < -0.39 is 5.97 Å². The fraction of sp³-hybridized carbons (Fsp3) is 0.643. The van der Waals surface area contributed by atoms with Crippen LogP contribution in [0.3, 0.4) is 0 Å². The van der Waals surface area contributed by atoms with Gasteiger partial charge in [0.15, 0.2) is 4.88 Å². The molecule has 2 fully saturated rings. The maximum absolute atomic E-state index is 11.2. The summed E-state index contributed by atoms with van der Waals surface area (Å²) in [6.45, 7) is 2.61. The van der Waals surface area contributed by atoms with E-state index in [1.165, 1.54) is 11.3 Å². The van der Waals surface area contributed by atoms with Crippen molar-refractivity contribution in [3.63, 3.8) is 0 Å². The first kappa shape index (κ1) is 14.2. The van der Waals surface area contributed by atoms with Crippen molar-refractivity contribution in [2.45, 2.75) is 37.9 Å². The lowest BCUT2D eigenvalue weighted by Gasteiger charge is -2.37. The molecule has 3 rings (SSSR count). The van der Waals surface area contributed by atoms with Crippen LogP contribution in [-0.2, 0) is 4.74 Å². The number of rotatable bonds is 3. The predicted octanol–water partition coefficient (Wildman–Crippen LogP) is 3.19. The molecule has 1 aromatic heterocycles. The second-order valence-corrected chi connectivity index (χ2v) is 7.78. The van der Waals surface area contributed by atoms with Crippen molar-refractivity contribution >= 4 is 29.1 Å². The van der Waals surface area contributed by atoms with Crippen LogP contribution < -0.4 is 4.74 Å². The molecule has 110 valence electrons. The minimum Gasteiger partial charge on any atom is -0.488 e. The summed E-state index contributed by atoms with van der Waals surface area (Å²) in [6.07, 6.45) is 2.84. The first-order valence-corrected chi connectivity index (χ1v) is 8.77. The average Bonchev–Trinajstić information content (AvgIpc) is 2.97. The molecule has 3 heterocycles. The summed E-state index contributed by atoms with van der Waals surface area (Å²) in [5, 5.41) is 9.22. The van der Waals surface area contributed by atoms with Crippen LogP contribution in [0.2, 0.25) is 0 Å². The second-order valence-electron chi connectivity index (χ2n) is 5.42. The molecule has 0 saturated carbocycles. The molecule has 0 aromatic carbocycles. The predicted molar refractivity (Wildman–Crippen MR) is 80.3 cm³/mol. The monoisotopic (exact) mass is 314 g/mol. The molecule has 6 heteroatoms. The highest BCUT2D eigenvalue weighted by Gasteiger charge is 2.41. The van der Waals surface area contributed by atoms with Crippen LogP contribution in [0.1, 0.15) is 33.8 Å². The standard InChI is InChI=1S/C14H18O4S2/c1-9-6-11(12(20-9)13(15)16)18-10-2-4-17-14(7-10)3-5-19-8-14/h6,10H,2-5,7-8H2,1H3,(H,15,16). The topological polar surface area (TPSA) is 55.8 Å². The van der Waals surface area contributed by atoms with Gasteiger partial charge >= 0.3 is 5.97 Å². The first-order valence-electron chi connectivity index (χ1n) is 6.80. The molecule has 0 aliphatic carbocycles. The third-order valence-corrected chi connectivity index (χ3v) is 6.07. The van der Waals surface area contributed by atoms with E-state index in [0.717, 1.165) is 35.6 Å². The third-order valence-electron chi connectivity index (χ3n) is 3.82. The molecule has 2 aliphatic heterocycles. The Labute approximate surface area is 126 Å². The zero-order chi connectivity index (χ0) is 14.2. The van der Waals surface area contributed by atoms with Gasteiger partial charge < -0.3 is 14.6 Å². The fourth-order valence-corrected chi connectivity index (χ4v) is 5.01. The van der Waals surface area contributed by atoms with Crippen LogP contribution in [-0.4, -0.2) is 40.9 Å². The quantitative estimate of drug-likeness (QED) is 0.928. The van der Waals surface area contributed by atoms with Crippen LogP contribution in [0.15, 0.2) is 6.07 Å². The number of thiophene rings is 1. The number of thioether (sulfide) groups is 1. The zero-order valence-electron chi connectivity index (χ0n) is 11.4. The maximum atomic E-state index is 11.2. The summed E-state index contributed by atoms with van der Waals surface area (Å²) >= 11 is 3.20. The van der Waals surface area contributed by atoms with Gasteiger partial charge in [0.25, 0.3) is 0 Å². The molecule has 2 unspecified atom stereocenters. The van der Waals surface area contributed by atoms with Crippen LogP contribution in [0, 0.1) is 6.92 Å². The SMILES string of the molecule is Cc1cc(OC2CCOC3(CCSC3)C2)c(C(=O)O)s1. The Morgan fingerprint density at radius 3 is 3.15 bits per heavy atom. The highest BCUT2D eigenvalue weighted by atomic mass is 32.2. The molecule has 0 bridgehead atoms. The Balaban J connectivity index is 1.72. The van der Waals surface area contributed by atoms with E-state index in [1.54, 1.807) is 0 Å². The van der Waals surface area contributed by atoms with E-state index in [-0.39, 0.29) is 11.7 Å². The van der Waals surface area contributed by atoms with Crippen molar-refractivity contribution in [3.05, 3.63) is 15.8 Å². The molecule has 1 aromatic rings. The summed E-state index contributed by atoms with van der Waals surface area (Å²) in [5.74, 6) is 1.79. The summed E-state index contributed by atoms with van der Waals surface area (Å²) in [6, 6.07) is 1.83. The van der Waals surface area contributed by atoms with Gasteiger partial charge in [0.05, 0.1) is 12.2 Å². The molecular formula is C14H18O4S2. The van der Waals surface area contributed by atoms with E-state index in [4.69, 9.17) is 9.47 Å². The molecule has 2 saturated heterocycles. The molecular weight excluding hydrogens is 296 g/mol. The molecule has 0 amide bonds. The van der Waals surface area contributed by atoms with Crippen LogP contribution in [0.5, 0.6) is 5.75 Å². The normalized spacial score (nSPS) is 29.8. The Morgan fingerprint density at radius 1 is 1.60 bits per heavy atom. The second kappa shape index (κ2) is 5.58. The number of carboxylic acids is 1. The van der Waals surface area contributed by atoms with Crippen molar-refractivity contribution in [1.82, 2.24) is 0 Å². The number of carboxylic acid groups (broad SMARTS) is 1. The van der Waals surface area contributed by atoms with Crippen LogP contribution >= 0.6 is 23.1 Å². The van der Waals surface area contributed by atoms with Crippen LogP contribution in [0.4, 0.5) is 0 Å². The summed E-state index contributed by atoms with van der Waals surface area (Å²) in [7, 11) is 0. The average molecular weight is 314 g/mol. The molecule has 4 nitrogen and oxygen atoms in total. The van der Waals surface area contributed by atoms with E-state index in [2.05, 4.69) is 0 Å². The number of aryl methyl sites for hydroxylation is 1. The van der Waals surface area contributed by atoms with Gasteiger partial charge in [-0.15, -0.1) is 11.3 Å². The van der Waals surface area contributed by atoms with E-state index in [9.17, 15) is 9.90 Å². The zero-order valence-corrected chi connectivity index (χ0v) is 13.0. The third kappa shape index (κ3) is 2.82. The Hall–Kier alpha value is -0.720. The lowest BCUT2D eigenvalue weighted by Crippen LogP contribution is -2.43. The molecule has 1 N–H and O–H groups in total. The Bertz CT molecular complexity index is 505. The Morgan fingerprint density at radius 2 is 2.45 bits per heavy atom. The van der Waals surface area contributed by atoms with Gasteiger partial charge in [-0.05, 0) is 25.2 Å². The van der Waals surface area contributed by atoms with Crippen molar-refractivity contribution in [2.24, 2.45) is 0 Å². The van der Waals surface area contributed by atoms with Crippen molar-refractivity contribution < 1.29 is 19.4 Å². The highest BCUT2D eigenvalue weighted by Crippen LogP contribution is 2.40. The number of hydrogen-bond acceptors (Lipinski definition) is 5. The molecule has 2 atom stereocenters. The smallest absolute Gasteiger partial charge is 0.349 e. The summed E-state index contributed by atoms with van der Waals surface area (Å²) < 4.78 is 12.0.